The standard InChI is InChI=1S/C22H19ClF2N6O2/c1-2-19(32)31-10-13-8-14(31)9-30(13)18-6-4-16-20(29-18)21(27-11-26-16)28-12-3-5-17(15(23)7-12)33-22(24)25/h2-7,11,13-14,22H,1,8-10H2,(H,26,27,28)/t13-,14-/m0/s1. The Bertz CT molecular complexity index is 1240. The van der Waals surface area contributed by atoms with Crippen LogP contribution in [0.3, 0.4) is 0 Å². The number of piperazine rings is 1. The van der Waals surface area contributed by atoms with E-state index >= 15 is 0 Å². The largest absolute Gasteiger partial charge is 0.433 e. The number of amides is 1. The van der Waals surface area contributed by atoms with Gasteiger partial charge in [-0.25, -0.2) is 15.0 Å². The number of halogens is 3. The van der Waals surface area contributed by atoms with Gasteiger partial charge in [0.2, 0.25) is 5.91 Å². The van der Waals surface area contributed by atoms with E-state index in [1.54, 1.807) is 6.07 Å². The van der Waals surface area contributed by atoms with Gasteiger partial charge in [-0.15, -0.1) is 0 Å². The van der Waals surface area contributed by atoms with Gasteiger partial charge in [0.15, 0.2) is 5.82 Å². The maximum Gasteiger partial charge on any atom is 0.387 e. The maximum absolute atomic E-state index is 12.5. The van der Waals surface area contributed by atoms with E-state index in [1.807, 2.05) is 17.0 Å². The molecule has 8 nitrogen and oxygen atoms in total. The third-order valence-corrected chi connectivity index (χ3v) is 6.17. The van der Waals surface area contributed by atoms with Crippen molar-refractivity contribution in [2.75, 3.05) is 23.3 Å². The van der Waals surface area contributed by atoms with E-state index in [1.165, 1.54) is 24.5 Å². The highest BCUT2D eigenvalue weighted by Gasteiger charge is 2.45. The number of fused-ring (bicyclic) bond motifs is 3. The average Bonchev–Trinajstić information content (AvgIpc) is 3.41. The number of alkyl halides is 2. The summed E-state index contributed by atoms with van der Waals surface area (Å²) in [5.41, 5.74) is 1.74. The van der Waals surface area contributed by atoms with Gasteiger partial charge in [-0.05, 0) is 42.8 Å². The predicted molar refractivity (Wildman–Crippen MR) is 120 cm³/mol. The molecule has 2 saturated heterocycles. The van der Waals surface area contributed by atoms with Crippen molar-refractivity contribution in [1.82, 2.24) is 19.9 Å². The Balaban J connectivity index is 1.40. The number of hydrogen-bond donors (Lipinski definition) is 1. The lowest BCUT2D eigenvalue weighted by atomic mass is 10.2. The summed E-state index contributed by atoms with van der Waals surface area (Å²) in [7, 11) is 0. The molecule has 0 spiro atoms. The van der Waals surface area contributed by atoms with Crippen LogP contribution < -0.4 is 15.0 Å². The average molecular weight is 473 g/mol. The summed E-state index contributed by atoms with van der Waals surface area (Å²) in [5, 5.41) is 3.17. The lowest BCUT2D eigenvalue weighted by Crippen LogP contribution is -2.48. The Hall–Kier alpha value is -3.53. The van der Waals surface area contributed by atoms with Crippen LogP contribution in [0, 0.1) is 0 Å². The van der Waals surface area contributed by atoms with Crippen molar-refractivity contribution in [3.8, 4) is 5.75 Å². The van der Waals surface area contributed by atoms with Gasteiger partial charge in [0.05, 0.1) is 22.6 Å². The highest BCUT2D eigenvalue weighted by molar-refractivity contribution is 6.32. The highest BCUT2D eigenvalue weighted by Crippen LogP contribution is 2.35. The number of likely N-dealkylation sites (tertiary alicyclic amines) is 1. The lowest BCUT2D eigenvalue weighted by Gasteiger charge is -2.34. The first-order valence-corrected chi connectivity index (χ1v) is 10.6. The number of pyridine rings is 1. The molecule has 0 unspecified atom stereocenters. The molecule has 2 atom stereocenters. The van der Waals surface area contributed by atoms with Crippen LogP contribution in [-0.2, 0) is 4.79 Å². The third-order valence-electron chi connectivity index (χ3n) is 5.87. The van der Waals surface area contributed by atoms with Crippen LogP contribution in [0.15, 0.2) is 49.3 Å². The van der Waals surface area contributed by atoms with Crippen molar-refractivity contribution in [1.29, 1.82) is 0 Å². The molecule has 11 heteroatoms. The molecule has 1 N–H and O–H groups in total. The second-order valence-corrected chi connectivity index (χ2v) is 8.21. The monoisotopic (exact) mass is 472 g/mol. The van der Waals surface area contributed by atoms with Crippen molar-refractivity contribution >= 4 is 45.9 Å². The molecule has 33 heavy (non-hydrogen) atoms. The molecule has 4 heterocycles. The van der Waals surface area contributed by atoms with Gasteiger partial charge < -0.3 is 19.9 Å². The zero-order chi connectivity index (χ0) is 23.1. The van der Waals surface area contributed by atoms with Crippen LogP contribution in [0.1, 0.15) is 6.42 Å². The van der Waals surface area contributed by atoms with Crippen molar-refractivity contribution < 1.29 is 18.3 Å². The van der Waals surface area contributed by atoms with Crippen LogP contribution in [0.2, 0.25) is 5.02 Å². The first kappa shape index (κ1) is 21.3. The van der Waals surface area contributed by atoms with Crippen molar-refractivity contribution in [2.24, 2.45) is 0 Å². The fraction of sp³-hybridized carbons (Fsp3) is 0.273. The van der Waals surface area contributed by atoms with Crippen molar-refractivity contribution in [2.45, 2.75) is 25.1 Å². The van der Waals surface area contributed by atoms with Crippen LogP contribution in [-0.4, -0.2) is 57.5 Å². The first-order valence-electron chi connectivity index (χ1n) is 10.3. The summed E-state index contributed by atoms with van der Waals surface area (Å²) in [4.78, 5) is 29.5. The van der Waals surface area contributed by atoms with Gasteiger partial charge in [-0.3, -0.25) is 4.79 Å². The zero-order valence-corrected chi connectivity index (χ0v) is 18.0. The fourth-order valence-electron chi connectivity index (χ4n) is 4.42. The number of nitrogens with one attached hydrogen (secondary N) is 1. The molecule has 2 aromatic heterocycles. The summed E-state index contributed by atoms with van der Waals surface area (Å²) in [6, 6.07) is 8.50. The third kappa shape index (κ3) is 4.02. The van der Waals surface area contributed by atoms with Crippen molar-refractivity contribution in [3.63, 3.8) is 0 Å². The zero-order valence-electron chi connectivity index (χ0n) is 17.3. The van der Waals surface area contributed by atoms with E-state index in [2.05, 4.69) is 31.5 Å². The number of benzene rings is 1. The molecule has 170 valence electrons. The van der Waals surface area contributed by atoms with Gasteiger partial charge in [0.25, 0.3) is 0 Å². The fourth-order valence-corrected chi connectivity index (χ4v) is 4.65. The molecular formula is C22H19ClF2N6O2. The number of ether oxygens (including phenoxy) is 1. The highest BCUT2D eigenvalue weighted by atomic mass is 35.5. The van der Waals surface area contributed by atoms with E-state index in [4.69, 9.17) is 16.6 Å². The molecule has 0 radical (unpaired) electrons. The van der Waals surface area contributed by atoms with Crippen LogP contribution >= 0.6 is 11.6 Å². The van der Waals surface area contributed by atoms with Gasteiger partial charge in [-0.2, -0.15) is 8.78 Å². The second kappa shape index (κ2) is 8.43. The number of anilines is 3. The predicted octanol–water partition coefficient (Wildman–Crippen LogP) is 4.00. The number of carbonyl (C=O) groups excluding carboxylic acids is 1. The minimum absolute atomic E-state index is 0.0408. The van der Waals surface area contributed by atoms with Crippen LogP contribution in [0.4, 0.5) is 26.1 Å². The van der Waals surface area contributed by atoms with Gasteiger partial charge in [0, 0.05) is 18.8 Å². The molecule has 5 rings (SSSR count). The molecule has 2 fully saturated rings. The molecule has 1 amide bonds. The summed E-state index contributed by atoms with van der Waals surface area (Å²) in [6.45, 7) is 1.95. The van der Waals surface area contributed by atoms with Gasteiger partial charge in [-0.1, -0.05) is 18.2 Å². The summed E-state index contributed by atoms with van der Waals surface area (Å²) < 4.78 is 29.3. The van der Waals surface area contributed by atoms with E-state index in [0.717, 1.165) is 12.2 Å². The number of rotatable bonds is 6. The van der Waals surface area contributed by atoms with Crippen molar-refractivity contribution in [3.05, 3.63) is 54.3 Å². The Kier molecular flexibility index (Phi) is 5.45. The lowest BCUT2D eigenvalue weighted by molar-refractivity contribution is -0.127. The Morgan fingerprint density at radius 3 is 2.79 bits per heavy atom. The number of carbonyl (C=O) groups is 1. The molecule has 0 aliphatic carbocycles. The second-order valence-electron chi connectivity index (χ2n) is 7.80. The van der Waals surface area contributed by atoms with E-state index in [9.17, 15) is 13.6 Å². The molecule has 2 aliphatic heterocycles. The molecule has 1 aromatic carbocycles. The van der Waals surface area contributed by atoms with Gasteiger partial charge >= 0.3 is 6.61 Å². The quantitative estimate of drug-likeness (QED) is 0.543. The molecular weight excluding hydrogens is 454 g/mol. The van der Waals surface area contributed by atoms with E-state index in [0.29, 0.717) is 35.6 Å². The summed E-state index contributed by atoms with van der Waals surface area (Å²) >= 11 is 6.06. The summed E-state index contributed by atoms with van der Waals surface area (Å²) in [6.07, 6.45) is 3.66. The smallest absolute Gasteiger partial charge is 0.387 e. The van der Waals surface area contributed by atoms with Crippen LogP contribution in [0.25, 0.3) is 11.0 Å². The van der Waals surface area contributed by atoms with Gasteiger partial charge in [0.1, 0.15) is 23.4 Å². The first-order chi connectivity index (χ1) is 15.9. The minimum Gasteiger partial charge on any atom is -0.433 e. The summed E-state index contributed by atoms with van der Waals surface area (Å²) in [5.74, 6) is 1.07. The SMILES string of the molecule is C=CC(=O)N1C[C@@H]2C[C@H]1CN2c1ccc2ncnc(Nc3ccc(OC(F)F)c(Cl)c3)c2n1. The Morgan fingerprint density at radius 1 is 1.24 bits per heavy atom. The molecule has 0 saturated carbocycles. The number of aromatic nitrogens is 3. The Labute approximate surface area is 192 Å². The number of hydrogen-bond acceptors (Lipinski definition) is 7. The Morgan fingerprint density at radius 2 is 2.09 bits per heavy atom. The normalized spacial score (nSPS) is 19.4. The van der Waals surface area contributed by atoms with Crippen LogP contribution in [0.5, 0.6) is 5.75 Å². The number of nitrogens with zero attached hydrogens (tertiary/aromatic N) is 5. The topological polar surface area (TPSA) is 83.5 Å². The van der Waals surface area contributed by atoms with E-state index < -0.39 is 6.61 Å². The molecule has 3 aromatic rings. The molecule has 2 bridgehead atoms. The molecule has 2 aliphatic rings. The maximum atomic E-state index is 12.5. The van der Waals surface area contributed by atoms with E-state index in [-0.39, 0.29) is 28.8 Å². The minimum atomic E-state index is -2.96.